The summed E-state index contributed by atoms with van der Waals surface area (Å²) in [6, 6.07) is 14.4. The van der Waals surface area contributed by atoms with E-state index in [9.17, 15) is 9.90 Å². The second-order valence-corrected chi connectivity index (χ2v) is 5.09. The van der Waals surface area contributed by atoms with Gasteiger partial charge in [-0.25, -0.2) is 0 Å². The fourth-order valence-electron chi connectivity index (χ4n) is 1.87. The van der Waals surface area contributed by atoms with Crippen LogP contribution in [0.15, 0.2) is 48.5 Å². The summed E-state index contributed by atoms with van der Waals surface area (Å²) in [5.41, 5.74) is 2.36. The summed E-state index contributed by atoms with van der Waals surface area (Å²) in [5, 5.41) is 13.0. The van der Waals surface area contributed by atoms with Crippen LogP contribution < -0.4 is 5.32 Å². The number of amides is 1. The van der Waals surface area contributed by atoms with Gasteiger partial charge < -0.3 is 10.4 Å². The molecule has 0 unspecified atom stereocenters. The van der Waals surface area contributed by atoms with Gasteiger partial charge in [-0.15, -0.1) is 0 Å². The highest BCUT2D eigenvalue weighted by molar-refractivity contribution is 6.30. The maximum atomic E-state index is 11.9. The molecule has 0 aromatic heterocycles. The molecule has 0 aliphatic heterocycles. The first-order valence-corrected chi connectivity index (χ1v) is 6.75. The molecule has 3 nitrogen and oxygen atoms in total. The lowest BCUT2D eigenvalue weighted by atomic mass is 10.1. The van der Waals surface area contributed by atoms with Gasteiger partial charge in [0.05, 0.1) is 12.5 Å². The lowest BCUT2D eigenvalue weighted by Crippen LogP contribution is -2.14. The van der Waals surface area contributed by atoms with E-state index in [4.69, 9.17) is 11.6 Å². The van der Waals surface area contributed by atoms with Crippen LogP contribution in [0.1, 0.15) is 24.2 Å². The van der Waals surface area contributed by atoms with E-state index < -0.39 is 6.10 Å². The zero-order valence-corrected chi connectivity index (χ0v) is 11.9. The highest BCUT2D eigenvalue weighted by atomic mass is 35.5. The molecule has 1 atom stereocenters. The lowest BCUT2D eigenvalue weighted by molar-refractivity contribution is -0.115. The van der Waals surface area contributed by atoms with Gasteiger partial charge in [-0.1, -0.05) is 35.9 Å². The van der Waals surface area contributed by atoms with Crippen LogP contribution in [0.25, 0.3) is 0 Å². The number of aliphatic hydroxyl groups is 1. The second kappa shape index (κ2) is 6.55. The van der Waals surface area contributed by atoms with Gasteiger partial charge in [0.2, 0.25) is 5.91 Å². The van der Waals surface area contributed by atoms with Crippen molar-refractivity contribution in [3.8, 4) is 0 Å². The van der Waals surface area contributed by atoms with Gasteiger partial charge in [-0.3, -0.25) is 4.79 Å². The van der Waals surface area contributed by atoms with Crippen LogP contribution in [0.4, 0.5) is 5.69 Å². The Balaban J connectivity index is 2.01. The molecule has 2 aromatic rings. The fraction of sp³-hybridized carbons (Fsp3) is 0.188. The summed E-state index contributed by atoms with van der Waals surface area (Å²) in [5.74, 6) is -0.102. The van der Waals surface area contributed by atoms with E-state index in [0.717, 1.165) is 11.1 Å². The molecule has 0 radical (unpaired) electrons. The minimum atomic E-state index is -0.553. The van der Waals surface area contributed by atoms with Crippen LogP contribution in [0.2, 0.25) is 5.02 Å². The van der Waals surface area contributed by atoms with E-state index in [1.165, 1.54) is 0 Å². The van der Waals surface area contributed by atoms with Crippen molar-refractivity contribution in [3.63, 3.8) is 0 Å². The van der Waals surface area contributed by atoms with Gasteiger partial charge >= 0.3 is 0 Å². The lowest BCUT2D eigenvalue weighted by Gasteiger charge is -2.09. The molecule has 0 spiro atoms. The predicted molar refractivity (Wildman–Crippen MR) is 80.9 cm³/mol. The fourth-order valence-corrected chi connectivity index (χ4v) is 2.00. The van der Waals surface area contributed by atoms with Crippen LogP contribution in [0.5, 0.6) is 0 Å². The molecule has 0 aliphatic rings. The normalized spacial score (nSPS) is 11.9. The first-order valence-electron chi connectivity index (χ1n) is 6.37. The molecule has 1 amide bonds. The summed E-state index contributed by atoms with van der Waals surface area (Å²) in [7, 11) is 0. The molecular weight excluding hydrogens is 274 g/mol. The van der Waals surface area contributed by atoms with Gasteiger partial charge in [0.1, 0.15) is 0 Å². The van der Waals surface area contributed by atoms with E-state index in [0.29, 0.717) is 10.7 Å². The van der Waals surface area contributed by atoms with Gasteiger partial charge in [0.25, 0.3) is 0 Å². The number of aliphatic hydroxyl groups excluding tert-OH is 1. The number of carbonyl (C=O) groups is 1. The Morgan fingerprint density at radius 3 is 2.60 bits per heavy atom. The number of carbonyl (C=O) groups excluding carboxylic acids is 1. The monoisotopic (exact) mass is 289 g/mol. The molecule has 0 aliphatic carbocycles. The Labute approximate surface area is 123 Å². The van der Waals surface area contributed by atoms with E-state index in [2.05, 4.69) is 5.32 Å². The maximum Gasteiger partial charge on any atom is 0.228 e. The maximum absolute atomic E-state index is 11.9. The zero-order chi connectivity index (χ0) is 14.5. The molecule has 2 rings (SSSR count). The van der Waals surface area contributed by atoms with Crippen LogP contribution >= 0.6 is 11.6 Å². The Morgan fingerprint density at radius 1 is 1.25 bits per heavy atom. The molecular formula is C16H16ClNO2. The van der Waals surface area contributed by atoms with Crippen molar-refractivity contribution in [1.29, 1.82) is 0 Å². The largest absolute Gasteiger partial charge is 0.389 e. The Morgan fingerprint density at radius 2 is 1.95 bits per heavy atom. The number of nitrogens with one attached hydrogen (secondary N) is 1. The number of hydrogen-bond acceptors (Lipinski definition) is 2. The SMILES string of the molecule is C[C@H](O)c1cccc(NC(=O)Cc2ccc(Cl)cc2)c1. The first kappa shape index (κ1) is 14.6. The molecule has 104 valence electrons. The first-order chi connectivity index (χ1) is 9.54. The number of halogens is 1. The smallest absolute Gasteiger partial charge is 0.228 e. The topological polar surface area (TPSA) is 49.3 Å². The minimum Gasteiger partial charge on any atom is -0.389 e. The van der Waals surface area contributed by atoms with E-state index in [-0.39, 0.29) is 12.3 Å². The summed E-state index contributed by atoms with van der Waals surface area (Å²) in [6.45, 7) is 1.69. The van der Waals surface area contributed by atoms with Gasteiger partial charge in [-0.2, -0.15) is 0 Å². The molecule has 0 heterocycles. The van der Waals surface area contributed by atoms with Gasteiger partial charge in [0, 0.05) is 10.7 Å². The van der Waals surface area contributed by atoms with Gasteiger partial charge in [-0.05, 0) is 42.3 Å². The average Bonchev–Trinajstić information content (AvgIpc) is 2.41. The predicted octanol–water partition coefficient (Wildman–Crippen LogP) is 3.57. The number of benzene rings is 2. The Bertz CT molecular complexity index is 594. The average molecular weight is 290 g/mol. The number of rotatable bonds is 4. The minimum absolute atomic E-state index is 0.102. The standard InChI is InChI=1S/C16H16ClNO2/c1-11(19)13-3-2-4-15(10-13)18-16(20)9-12-5-7-14(17)8-6-12/h2-8,10-11,19H,9H2,1H3,(H,18,20)/t11-/m0/s1. The molecule has 0 saturated heterocycles. The van der Waals surface area contributed by atoms with Crippen molar-refractivity contribution in [3.05, 3.63) is 64.7 Å². The third-order valence-electron chi connectivity index (χ3n) is 2.93. The van der Waals surface area contributed by atoms with Crippen molar-refractivity contribution in [2.24, 2.45) is 0 Å². The summed E-state index contributed by atoms with van der Waals surface area (Å²) < 4.78 is 0. The molecule has 20 heavy (non-hydrogen) atoms. The molecule has 0 bridgehead atoms. The van der Waals surface area contributed by atoms with Crippen molar-refractivity contribution in [2.45, 2.75) is 19.4 Å². The van der Waals surface area contributed by atoms with E-state index in [1.54, 1.807) is 37.3 Å². The molecule has 2 aromatic carbocycles. The summed E-state index contributed by atoms with van der Waals surface area (Å²) >= 11 is 5.80. The molecule has 2 N–H and O–H groups in total. The second-order valence-electron chi connectivity index (χ2n) is 4.65. The molecule has 4 heteroatoms. The molecule has 0 fully saturated rings. The van der Waals surface area contributed by atoms with Crippen molar-refractivity contribution in [2.75, 3.05) is 5.32 Å². The highest BCUT2D eigenvalue weighted by Crippen LogP contribution is 2.17. The Hall–Kier alpha value is -1.84. The van der Waals surface area contributed by atoms with Crippen LogP contribution in [-0.2, 0) is 11.2 Å². The van der Waals surface area contributed by atoms with Gasteiger partial charge in [0.15, 0.2) is 0 Å². The summed E-state index contributed by atoms with van der Waals surface area (Å²) in [6.07, 6.45) is -0.265. The zero-order valence-electron chi connectivity index (χ0n) is 11.1. The van der Waals surface area contributed by atoms with Crippen LogP contribution in [-0.4, -0.2) is 11.0 Å². The molecule has 0 saturated carbocycles. The number of hydrogen-bond donors (Lipinski definition) is 2. The van der Waals surface area contributed by atoms with Crippen LogP contribution in [0, 0.1) is 0 Å². The van der Waals surface area contributed by atoms with Crippen molar-refractivity contribution in [1.82, 2.24) is 0 Å². The Kier molecular flexibility index (Phi) is 4.77. The quantitative estimate of drug-likeness (QED) is 0.904. The van der Waals surface area contributed by atoms with E-state index in [1.807, 2.05) is 18.2 Å². The summed E-state index contributed by atoms with van der Waals surface area (Å²) in [4.78, 5) is 11.9. The third-order valence-corrected chi connectivity index (χ3v) is 3.18. The third kappa shape index (κ3) is 4.08. The van der Waals surface area contributed by atoms with Crippen molar-refractivity contribution >= 4 is 23.2 Å². The van der Waals surface area contributed by atoms with Crippen LogP contribution in [0.3, 0.4) is 0 Å². The number of anilines is 1. The van der Waals surface area contributed by atoms with E-state index >= 15 is 0 Å². The highest BCUT2D eigenvalue weighted by Gasteiger charge is 2.06. The van der Waals surface area contributed by atoms with Crippen molar-refractivity contribution < 1.29 is 9.90 Å².